The first-order chi connectivity index (χ1) is 8.38. The van der Waals surface area contributed by atoms with Gasteiger partial charge in [-0.3, -0.25) is 0 Å². The topological polar surface area (TPSA) is 33.1 Å². The van der Waals surface area contributed by atoms with Gasteiger partial charge in [0.05, 0.1) is 0 Å². The number of ether oxygens (including phenoxy) is 1. The van der Waals surface area contributed by atoms with E-state index in [0.29, 0.717) is 11.3 Å². The van der Waals surface area contributed by atoms with Crippen molar-refractivity contribution in [2.45, 2.75) is 41.0 Å². The largest absolute Gasteiger partial charge is 0.573 e. The molecule has 0 aliphatic carbocycles. The maximum Gasteiger partial charge on any atom is 0.573 e. The molecule has 2 nitrogen and oxygen atoms in total. The molecule has 0 amide bonds. The lowest BCUT2D eigenvalue weighted by Gasteiger charge is -2.08. The maximum atomic E-state index is 11.7. The Kier molecular flexibility index (Phi) is 9.94. The van der Waals surface area contributed by atoms with Gasteiger partial charge in [-0.2, -0.15) is 0 Å². The number of hydrogen-bond acceptors (Lipinski definition) is 2. The third-order valence-corrected chi connectivity index (χ3v) is 1.52. The van der Waals surface area contributed by atoms with Crippen molar-refractivity contribution in [1.82, 2.24) is 0 Å². The van der Waals surface area contributed by atoms with Crippen LogP contribution in [0, 0.1) is 5.41 Å². The quantitative estimate of drug-likeness (QED) is 0.746. The van der Waals surface area contributed by atoms with Crippen LogP contribution >= 0.6 is 0 Å². The highest BCUT2D eigenvalue weighted by molar-refractivity contribution is 5.96. The maximum absolute atomic E-state index is 11.7. The minimum Gasteiger partial charge on any atom is -0.406 e. The number of alkyl halides is 3. The number of nitrogens with one attached hydrogen (secondary N) is 1. The Morgan fingerprint density at radius 2 is 1.39 bits per heavy atom. The molecular formula is C13H20F3NO. The summed E-state index contributed by atoms with van der Waals surface area (Å²) < 4.78 is 38.9. The van der Waals surface area contributed by atoms with E-state index in [1.54, 1.807) is 6.92 Å². The van der Waals surface area contributed by atoms with Crippen LogP contribution in [0.15, 0.2) is 24.3 Å². The summed E-state index contributed by atoms with van der Waals surface area (Å²) in [6.07, 6.45) is -4.67. The van der Waals surface area contributed by atoms with Crippen LogP contribution in [0.5, 0.6) is 5.75 Å². The van der Waals surface area contributed by atoms with Crippen molar-refractivity contribution >= 4 is 5.71 Å². The molecule has 1 aromatic carbocycles. The molecule has 0 spiro atoms. The molecule has 5 heteroatoms. The van der Waals surface area contributed by atoms with Crippen LogP contribution in [-0.2, 0) is 0 Å². The summed E-state index contributed by atoms with van der Waals surface area (Å²) in [7, 11) is 0. The van der Waals surface area contributed by atoms with E-state index in [2.05, 4.69) is 4.74 Å². The number of benzene rings is 1. The lowest BCUT2D eigenvalue weighted by atomic mass is 10.1. The lowest BCUT2D eigenvalue weighted by molar-refractivity contribution is -0.274. The predicted octanol–water partition coefficient (Wildman–Crippen LogP) is 5.03. The fraction of sp³-hybridized carbons (Fsp3) is 0.462. The van der Waals surface area contributed by atoms with Gasteiger partial charge in [0.15, 0.2) is 0 Å². The summed E-state index contributed by atoms with van der Waals surface area (Å²) in [6, 6.07) is 5.18. The zero-order chi connectivity index (χ0) is 14.8. The Bertz CT molecular complexity index is 331. The van der Waals surface area contributed by atoms with Crippen molar-refractivity contribution in [3.63, 3.8) is 0 Å². The van der Waals surface area contributed by atoms with Crippen LogP contribution in [0.25, 0.3) is 0 Å². The molecule has 0 fully saturated rings. The standard InChI is InChI=1S/C9H8F3NO.2C2H6/c1-6(13)7-2-4-8(5-3-7)14-9(10,11)12;2*1-2/h2-5,13H,1H3;2*1-2H3. The van der Waals surface area contributed by atoms with Gasteiger partial charge >= 0.3 is 6.36 Å². The second kappa shape index (κ2) is 9.50. The molecule has 0 saturated heterocycles. The van der Waals surface area contributed by atoms with Gasteiger partial charge in [0.2, 0.25) is 0 Å². The van der Waals surface area contributed by atoms with Gasteiger partial charge in [0.25, 0.3) is 0 Å². The summed E-state index contributed by atoms with van der Waals surface area (Å²) in [4.78, 5) is 0. The van der Waals surface area contributed by atoms with Gasteiger partial charge in [0.1, 0.15) is 5.75 Å². The second-order valence-electron chi connectivity index (χ2n) is 2.70. The minimum atomic E-state index is -4.67. The van der Waals surface area contributed by atoms with E-state index in [1.165, 1.54) is 24.3 Å². The van der Waals surface area contributed by atoms with E-state index < -0.39 is 6.36 Å². The van der Waals surface area contributed by atoms with Gasteiger partial charge in [-0.25, -0.2) is 0 Å². The van der Waals surface area contributed by atoms with Gasteiger partial charge in [-0.15, -0.1) is 13.2 Å². The monoisotopic (exact) mass is 263 g/mol. The fourth-order valence-electron chi connectivity index (χ4n) is 0.907. The molecule has 0 aromatic heterocycles. The molecule has 104 valence electrons. The highest BCUT2D eigenvalue weighted by Gasteiger charge is 2.30. The smallest absolute Gasteiger partial charge is 0.406 e. The molecule has 0 bridgehead atoms. The minimum absolute atomic E-state index is 0.275. The molecule has 1 aromatic rings. The summed E-state index contributed by atoms with van der Waals surface area (Å²) >= 11 is 0. The van der Waals surface area contributed by atoms with E-state index in [9.17, 15) is 13.2 Å². The average Bonchev–Trinajstić information content (AvgIpc) is 2.33. The number of hydrogen-bond donors (Lipinski definition) is 1. The van der Waals surface area contributed by atoms with Crippen molar-refractivity contribution < 1.29 is 17.9 Å². The van der Waals surface area contributed by atoms with Crippen LogP contribution in [0.4, 0.5) is 13.2 Å². The van der Waals surface area contributed by atoms with Gasteiger partial charge in [0, 0.05) is 5.71 Å². The normalized spacial score (nSPS) is 9.33. The van der Waals surface area contributed by atoms with Crippen molar-refractivity contribution in [1.29, 1.82) is 5.41 Å². The Balaban J connectivity index is 0. The lowest BCUT2D eigenvalue weighted by Crippen LogP contribution is -2.17. The average molecular weight is 263 g/mol. The molecule has 1 N–H and O–H groups in total. The molecule has 0 unspecified atom stereocenters. The summed E-state index contributed by atoms with van der Waals surface area (Å²) in [6.45, 7) is 9.56. The SMILES string of the molecule is CC.CC.CC(=N)c1ccc(OC(F)(F)F)cc1. The first kappa shape index (κ1) is 18.8. The first-order valence-electron chi connectivity index (χ1n) is 5.80. The predicted molar refractivity (Wildman–Crippen MR) is 68.3 cm³/mol. The highest BCUT2D eigenvalue weighted by atomic mass is 19.4. The Morgan fingerprint density at radius 1 is 1.00 bits per heavy atom. The molecule has 1 rings (SSSR count). The van der Waals surface area contributed by atoms with Crippen LogP contribution in [0.1, 0.15) is 40.2 Å². The molecule has 0 atom stereocenters. The molecule has 0 aliphatic rings. The number of halogens is 3. The van der Waals surface area contributed by atoms with Gasteiger partial charge in [-0.1, -0.05) is 27.7 Å². The van der Waals surface area contributed by atoms with Gasteiger partial charge < -0.3 is 10.1 Å². The van der Waals surface area contributed by atoms with Crippen molar-refractivity contribution in [3.05, 3.63) is 29.8 Å². The third-order valence-electron chi connectivity index (χ3n) is 1.52. The highest BCUT2D eigenvalue weighted by Crippen LogP contribution is 2.22. The van der Waals surface area contributed by atoms with Crippen LogP contribution in [0.3, 0.4) is 0 Å². The number of rotatable bonds is 2. The van der Waals surface area contributed by atoms with Crippen molar-refractivity contribution in [2.24, 2.45) is 0 Å². The Labute approximate surface area is 106 Å². The van der Waals surface area contributed by atoms with E-state index in [1.807, 2.05) is 27.7 Å². The summed E-state index contributed by atoms with van der Waals surface area (Å²) in [5.74, 6) is -0.275. The van der Waals surface area contributed by atoms with Crippen LogP contribution < -0.4 is 4.74 Å². The van der Waals surface area contributed by atoms with E-state index >= 15 is 0 Å². The molecule has 0 heterocycles. The molecule has 0 radical (unpaired) electrons. The summed E-state index contributed by atoms with van der Waals surface area (Å²) in [5, 5.41) is 7.22. The Morgan fingerprint density at radius 3 is 1.67 bits per heavy atom. The zero-order valence-corrected chi connectivity index (χ0v) is 11.4. The van der Waals surface area contributed by atoms with Gasteiger partial charge in [-0.05, 0) is 36.8 Å². The zero-order valence-electron chi connectivity index (χ0n) is 11.4. The van der Waals surface area contributed by atoms with E-state index in [-0.39, 0.29) is 5.75 Å². The Hall–Kier alpha value is -1.52. The first-order valence-corrected chi connectivity index (χ1v) is 5.80. The third kappa shape index (κ3) is 8.61. The van der Waals surface area contributed by atoms with E-state index in [0.717, 1.165) is 0 Å². The second-order valence-corrected chi connectivity index (χ2v) is 2.70. The van der Waals surface area contributed by atoms with Crippen LogP contribution in [0.2, 0.25) is 0 Å². The van der Waals surface area contributed by atoms with Crippen LogP contribution in [-0.4, -0.2) is 12.1 Å². The molecule has 0 aliphatic heterocycles. The summed E-state index contributed by atoms with van der Waals surface area (Å²) in [5.41, 5.74) is 0.864. The van der Waals surface area contributed by atoms with Crippen molar-refractivity contribution in [2.75, 3.05) is 0 Å². The molecule has 0 saturated carbocycles. The molecule has 18 heavy (non-hydrogen) atoms. The van der Waals surface area contributed by atoms with E-state index in [4.69, 9.17) is 5.41 Å². The van der Waals surface area contributed by atoms with Crippen molar-refractivity contribution in [3.8, 4) is 5.75 Å². The fourth-order valence-corrected chi connectivity index (χ4v) is 0.907. The molecular weight excluding hydrogens is 243 g/mol.